The molecule has 2 atom stereocenters. The van der Waals surface area contributed by atoms with Crippen molar-refractivity contribution in [3.8, 4) is 0 Å². The van der Waals surface area contributed by atoms with Crippen LogP contribution in [0.25, 0.3) is 0 Å². The van der Waals surface area contributed by atoms with Gasteiger partial charge in [-0.3, -0.25) is 4.79 Å². The number of rotatable bonds is 5. The van der Waals surface area contributed by atoms with Crippen LogP contribution in [0.3, 0.4) is 0 Å². The first-order valence-electron chi connectivity index (χ1n) is 8.92. The third-order valence-electron chi connectivity index (χ3n) is 5.32. The highest BCUT2D eigenvalue weighted by molar-refractivity contribution is 5.78. The van der Waals surface area contributed by atoms with Gasteiger partial charge in [-0.15, -0.1) is 0 Å². The minimum absolute atomic E-state index is 0.118. The lowest BCUT2D eigenvalue weighted by Crippen LogP contribution is -2.34. The normalized spacial score (nSPS) is 25.7. The summed E-state index contributed by atoms with van der Waals surface area (Å²) in [5.74, 6) is 0.809. The molecule has 0 radical (unpaired) electrons. The Kier molecular flexibility index (Phi) is 5.68. The van der Waals surface area contributed by atoms with E-state index in [1.54, 1.807) is 0 Å². The minimum Gasteiger partial charge on any atom is -0.368 e. The first-order chi connectivity index (χ1) is 11.3. The Hall–Kier alpha value is -1.39. The lowest BCUT2D eigenvalue weighted by Gasteiger charge is -2.23. The first kappa shape index (κ1) is 16.5. The van der Waals surface area contributed by atoms with Gasteiger partial charge in [-0.25, -0.2) is 0 Å². The second kappa shape index (κ2) is 7.93. The molecule has 4 heteroatoms. The Morgan fingerprint density at radius 1 is 1.13 bits per heavy atom. The monoisotopic (exact) mass is 316 g/mol. The molecule has 0 bridgehead atoms. The number of nitrogens with zero attached hydrogens (tertiary/aromatic N) is 1. The average molecular weight is 316 g/mol. The van der Waals surface area contributed by atoms with Gasteiger partial charge in [0.1, 0.15) is 6.61 Å². The van der Waals surface area contributed by atoms with E-state index < -0.39 is 0 Å². The highest BCUT2D eigenvalue weighted by Crippen LogP contribution is 2.32. The number of benzene rings is 1. The molecule has 1 saturated carbocycles. The summed E-state index contributed by atoms with van der Waals surface area (Å²) < 4.78 is 5.84. The van der Waals surface area contributed by atoms with Gasteiger partial charge >= 0.3 is 0 Å². The van der Waals surface area contributed by atoms with Crippen LogP contribution in [0.4, 0.5) is 0 Å². The fraction of sp³-hybridized carbons (Fsp3) is 0.632. The topological polar surface area (TPSA) is 55.6 Å². The molecule has 1 amide bonds. The fourth-order valence-electron chi connectivity index (χ4n) is 3.90. The summed E-state index contributed by atoms with van der Waals surface area (Å²) in [5, 5.41) is 0. The fourth-order valence-corrected chi connectivity index (χ4v) is 3.90. The van der Waals surface area contributed by atoms with Crippen molar-refractivity contribution >= 4 is 5.91 Å². The lowest BCUT2D eigenvalue weighted by atomic mass is 9.89. The smallest absolute Gasteiger partial charge is 0.248 e. The van der Waals surface area contributed by atoms with E-state index in [1.807, 2.05) is 11.0 Å². The van der Waals surface area contributed by atoms with E-state index in [-0.39, 0.29) is 18.6 Å². The van der Waals surface area contributed by atoms with Crippen molar-refractivity contribution in [1.82, 2.24) is 4.90 Å². The van der Waals surface area contributed by atoms with Gasteiger partial charge in [0.05, 0.1) is 6.10 Å². The minimum atomic E-state index is 0.118. The van der Waals surface area contributed by atoms with Crippen LogP contribution >= 0.6 is 0 Å². The van der Waals surface area contributed by atoms with Crippen LogP contribution in [-0.2, 0) is 9.53 Å². The number of amides is 1. The Labute approximate surface area is 139 Å². The van der Waals surface area contributed by atoms with Crippen molar-refractivity contribution in [1.29, 1.82) is 0 Å². The molecule has 2 N–H and O–H groups in total. The quantitative estimate of drug-likeness (QED) is 0.908. The molecule has 2 aliphatic rings. The second-order valence-corrected chi connectivity index (χ2v) is 6.88. The van der Waals surface area contributed by atoms with E-state index >= 15 is 0 Å². The average Bonchev–Trinajstić information content (AvgIpc) is 3.06. The number of hydrogen-bond acceptors (Lipinski definition) is 3. The van der Waals surface area contributed by atoms with Gasteiger partial charge in [0.15, 0.2) is 0 Å². The van der Waals surface area contributed by atoms with Crippen LogP contribution < -0.4 is 5.73 Å². The number of nitrogens with two attached hydrogens (primary N) is 1. The molecule has 1 heterocycles. The molecule has 1 aromatic rings. The molecule has 0 spiro atoms. The Balaban J connectivity index is 1.55. The van der Waals surface area contributed by atoms with Crippen molar-refractivity contribution in [2.24, 2.45) is 11.7 Å². The van der Waals surface area contributed by atoms with Crippen LogP contribution in [0.1, 0.15) is 43.6 Å². The van der Waals surface area contributed by atoms with E-state index in [1.165, 1.54) is 24.8 Å². The number of carbonyl (C=O) groups is 1. The van der Waals surface area contributed by atoms with Crippen LogP contribution in [-0.4, -0.2) is 43.2 Å². The van der Waals surface area contributed by atoms with Crippen LogP contribution in [0.2, 0.25) is 0 Å². The Bertz CT molecular complexity index is 499. The van der Waals surface area contributed by atoms with Crippen LogP contribution in [0.15, 0.2) is 30.3 Å². The summed E-state index contributed by atoms with van der Waals surface area (Å²) in [5.41, 5.74) is 7.23. The van der Waals surface area contributed by atoms with Crippen LogP contribution in [0.5, 0.6) is 0 Å². The maximum atomic E-state index is 12.5. The van der Waals surface area contributed by atoms with Gasteiger partial charge in [0.2, 0.25) is 5.91 Å². The zero-order chi connectivity index (χ0) is 16.1. The van der Waals surface area contributed by atoms with Crippen molar-refractivity contribution in [3.05, 3.63) is 35.9 Å². The maximum Gasteiger partial charge on any atom is 0.248 e. The second-order valence-electron chi connectivity index (χ2n) is 6.88. The standard InChI is InChI=1S/C19H28N2O2/c20-11-16-12-21(13-18(16)15-7-3-1-4-8-15)19(22)14-23-17-9-5-2-6-10-17/h1,3-4,7-8,16-18H,2,5-6,9-14,20H2/t16-,18+/m1/s1. The lowest BCUT2D eigenvalue weighted by molar-refractivity contribution is -0.137. The molecule has 1 aliphatic carbocycles. The summed E-state index contributed by atoms with van der Waals surface area (Å²) in [6.07, 6.45) is 6.25. The van der Waals surface area contributed by atoms with Gasteiger partial charge in [-0.2, -0.15) is 0 Å². The van der Waals surface area contributed by atoms with E-state index in [9.17, 15) is 4.79 Å². The van der Waals surface area contributed by atoms with Crippen molar-refractivity contribution < 1.29 is 9.53 Å². The molecule has 23 heavy (non-hydrogen) atoms. The van der Waals surface area contributed by atoms with Crippen molar-refractivity contribution in [3.63, 3.8) is 0 Å². The number of hydrogen-bond donors (Lipinski definition) is 1. The molecule has 0 aromatic heterocycles. The van der Waals surface area contributed by atoms with Gasteiger partial charge in [0.25, 0.3) is 0 Å². The summed E-state index contributed by atoms with van der Waals surface area (Å²) in [6.45, 7) is 2.36. The number of likely N-dealkylation sites (tertiary alicyclic amines) is 1. The molecule has 1 saturated heterocycles. The summed E-state index contributed by atoms with van der Waals surface area (Å²) >= 11 is 0. The zero-order valence-corrected chi connectivity index (χ0v) is 13.8. The predicted molar refractivity (Wildman–Crippen MR) is 91.1 cm³/mol. The number of ether oxygens (including phenoxy) is 1. The molecular formula is C19H28N2O2. The van der Waals surface area contributed by atoms with Gasteiger partial charge in [0, 0.05) is 19.0 Å². The SMILES string of the molecule is NC[C@@H]1CN(C(=O)COC2CCCCC2)C[C@H]1c1ccccc1. The summed E-state index contributed by atoms with van der Waals surface area (Å²) in [6, 6.07) is 10.4. The first-order valence-corrected chi connectivity index (χ1v) is 8.92. The highest BCUT2D eigenvalue weighted by atomic mass is 16.5. The van der Waals surface area contributed by atoms with Gasteiger partial charge in [-0.05, 0) is 30.9 Å². The predicted octanol–water partition coefficient (Wildman–Crippen LogP) is 2.54. The third-order valence-corrected chi connectivity index (χ3v) is 5.32. The van der Waals surface area contributed by atoms with E-state index in [0.717, 1.165) is 25.9 Å². The van der Waals surface area contributed by atoms with Gasteiger partial charge in [-0.1, -0.05) is 49.6 Å². The number of carbonyl (C=O) groups excluding carboxylic acids is 1. The molecule has 126 valence electrons. The van der Waals surface area contributed by atoms with Crippen molar-refractivity contribution in [2.45, 2.75) is 44.1 Å². The van der Waals surface area contributed by atoms with E-state index in [0.29, 0.717) is 18.4 Å². The van der Waals surface area contributed by atoms with E-state index in [4.69, 9.17) is 10.5 Å². The Morgan fingerprint density at radius 3 is 2.57 bits per heavy atom. The molecular weight excluding hydrogens is 288 g/mol. The molecule has 0 unspecified atom stereocenters. The third kappa shape index (κ3) is 4.12. The Morgan fingerprint density at radius 2 is 1.87 bits per heavy atom. The highest BCUT2D eigenvalue weighted by Gasteiger charge is 2.35. The molecule has 1 aromatic carbocycles. The van der Waals surface area contributed by atoms with Gasteiger partial charge < -0.3 is 15.4 Å². The summed E-state index contributed by atoms with van der Waals surface area (Å²) in [4.78, 5) is 14.4. The largest absolute Gasteiger partial charge is 0.368 e. The van der Waals surface area contributed by atoms with Crippen molar-refractivity contribution in [2.75, 3.05) is 26.2 Å². The van der Waals surface area contributed by atoms with Crippen LogP contribution in [0, 0.1) is 5.92 Å². The zero-order valence-electron chi connectivity index (χ0n) is 13.8. The summed E-state index contributed by atoms with van der Waals surface area (Å²) in [7, 11) is 0. The molecule has 4 nitrogen and oxygen atoms in total. The van der Waals surface area contributed by atoms with E-state index in [2.05, 4.69) is 24.3 Å². The maximum absolute atomic E-state index is 12.5. The molecule has 2 fully saturated rings. The molecule has 1 aliphatic heterocycles. The molecule has 3 rings (SSSR count).